The molecule has 1 spiro atoms. The van der Waals surface area contributed by atoms with Gasteiger partial charge < -0.3 is 14.5 Å². The SMILES string of the molecule is O=C(c1ccc(F)c(F)c1)N1CCC2(CC1)NCC(=O)N2CCOc1ccccc1. The standard InChI is InChI=1S/C22H23F2N3O3/c23-18-7-6-16(14-19(18)24)21(29)26-10-8-22(9-11-26)25-15-20(28)27(22)12-13-30-17-4-2-1-3-5-17/h1-7,14,25H,8-13,15H2. The molecule has 2 amide bonds. The van der Waals surface area contributed by atoms with Crippen molar-refractivity contribution in [2.24, 2.45) is 0 Å². The summed E-state index contributed by atoms with van der Waals surface area (Å²) in [5, 5.41) is 3.31. The summed E-state index contributed by atoms with van der Waals surface area (Å²) in [5.74, 6) is -1.61. The first-order valence-corrected chi connectivity index (χ1v) is 9.96. The van der Waals surface area contributed by atoms with E-state index >= 15 is 0 Å². The van der Waals surface area contributed by atoms with Crippen molar-refractivity contribution in [3.8, 4) is 5.75 Å². The first kappa shape index (κ1) is 20.3. The highest BCUT2D eigenvalue weighted by molar-refractivity contribution is 5.94. The van der Waals surface area contributed by atoms with Crippen LogP contribution >= 0.6 is 0 Å². The Kier molecular flexibility index (Phi) is 5.67. The minimum Gasteiger partial charge on any atom is -0.492 e. The molecule has 30 heavy (non-hydrogen) atoms. The van der Waals surface area contributed by atoms with E-state index in [-0.39, 0.29) is 23.9 Å². The summed E-state index contributed by atoms with van der Waals surface area (Å²) >= 11 is 0. The van der Waals surface area contributed by atoms with Crippen molar-refractivity contribution in [1.29, 1.82) is 0 Å². The Balaban J connectivity index is 1.37. The summed E-state index contributed by atoms with van der Waals surface area (Å²) in [6.45, 7) is 1.89. The van der Waals surface area contributed by atoms with Gasteiger partial charge in [-0.1, -0.05) is 18.2 Å². The van der Waals surface area contributed by atoms with Gasteiger partial charge in [-0.05, 0) is 30.3 Å². The smallest absolute Gasteiger partial charge is 0.253 e. The number of nitrogens with one attached hydrogen (secondary N) is 1. The van der Waals surface area contributed by atoms with E-state index in [9.17, 15) is 18.4 Å². The van der Waals surface area contributed by atoms with E-state index in [0.29, 0.717) is 39.1 Å². The number of para-hydroxylation sites is 1. The zero-order valence-electron chi connectivity index (χ0n) is 16.4. The Hall–Kier alpha value is -3.00. The third-order valence-corrected chi connectivity index (χ3v) is 5.76. The zero-order valence-corrected chi connectivity index (χ0v) is 16.4. The molecule has 6 nitrogen and oxygen atoms in total. The van der Waals surface area contributed by atoms with Crippen LogP contribution in [0.15, 0.2) is 48.5 Å². The second-order valence-corrected chi connectivity index (χ2v) is 7.51. The van der Waals surface area contributed by atoms with Crippen molar-refractivity contribution in [3.05, 3.63) is 65.7 Å². The third-order valence-electron chi connectivity index (χ3n) is 5.76. The van der Waals surface area contributed by atoms with Gasteiger partial charge in [0.2, 0.25) is 5.91 Å². The van der Waals surface area contributed by atoms with Gasteiger partial charge in [0.25, 0.3) is 5.91 Å². The number of piperidine rings is 1. The molecule has 0 radical (unpaired) electrons. The number of hydrogen-bond acceptors (Lipinski definition) is 4. The Morgan fingerprint density at radius 3 is 2.50 bits per heavy atom. The van der Waals surface area contributed by atoms with Gasteiger partial charge in [0.1, 0.15) is 12.4 Å². The number of carbonyl (C=O) groups excluding carboxylic acids is 2. The molecule has 8 heteroatoms. The lowest BCUT2D eigenvalue weighted by Crippen LogP contribution is -2.59. The largest absolute Gasteiger partial charge is 0.492 e. The number of likely N-dealkylation sites (tertiary alicyclic amines) is 1. The highest BCUT2D eigenvalue weighted by atomic mass is 19.2. The highest BCUT2D eigenvalue weighted by Crippen LogP contribution is 2.30. The van der Waals surface area contributed by atoms with E-state index in [1.165, 1.54) is 6.07 Å². The summed E-state index contributed by atoms with van der Waals surface area (Å²) in [5.41, 5.74) is -0.393. The Labute approximate surface area is 173 Å². The number of carbonyl (C=O) groups is 2. The normalized spacial score (nSPS) is 18.1. The molecule has 2 aliphatic heterocycles. The van der Waals surface area contributed by atoms with Crippen molar-refractivity contribution < 1.29 is 23.1 Å². The Morgan fingerprint density at radius 1 is 1.07 bits per heavy atom. The molecule has 0 bridgehead atoms. The molecule has 0 aliphatic carbocycles. The molecule has 0 saturated carbocycles. The monoisotopic (exact) mass is 415 g/mol. The summed E-state index contributed by atoms with van der Waals surface area (Å²) in [7, 11) is 0. The fourth-order valence-corrected chi connectivity index (χ4v) is 4.12. The summed E-state index contributed by atoms with van der Waals surface area (Å²) < 4.78 is 32.3. The number of hydrogen-bond donors (Lipinski definition) is 1. The topological polar surface area (TPSA) is 61.9 Å². The van der Waals surface area contributed by atoms with E-state index in [2.05, 4.69) is 5.32 Å². The van der Waals surface area contributed by atoms with Crippen LogP contribution in [0.1, 0.15) is 23.2 Å². The summed E-state index contributed by atoms with van der Waals surface area (Å²) in [4.78, 5) is 28.5. The van der Waals surface area contributed by atoms with Crippen LogP contribution in [0.2, 0.25) is 0 Å². The lowest BCUT2D eigenvalue weighted by molar-refractivity contribution is -0.132. The van der Waals surface area contributed by atoms with Crippen LogP contribution in [-0.2, 0) is 4.79 Å². The molecule has 158 valence electrons. The average molecular weight is 415 g/mol. The summed E-state index contributed by atoms with van der Waals surface area (Å²) in [6, 6.07) is 12.6. The van der Waals surface area contributed by atoms with E-state index in [4.69, 9.17) is 4.74 Å². The lowest BCUT2D eigenvalue weighted by atomic mass is 9.95. The molecule has 2 aromatic carbocycles. The molecule has 2 aliphatic rings. The predicted molar refractivity (Wildman–Crippen MR) is 106 cm³/mol. The van der Waals surface area contributed by atoms with Gasteiger partial charge in [0.15, 0.2) is 11.6 Å². The van der Waals surface area contributed by atoms with Gasteiger partial charge in [0.05, 0.1) is 18.8 Å². The molecule has 2 aromatic rings. The van der Waals surface area contributed by atoms with E-state index in [1.54, 1.807) is 9.80 Å². The summed E-state index contributed by atoms with van der Waals surface area (Å²) in [6.07, 6.45) is 1.11. The minimum atomic E-state index is -1.04. The number of rotatable bonds is 5. The minimum absolute atomic E-state index is 0.00652. The number of halogens is 2. The van der Waals surface area contributed by atoms with Gasteiger partial charge >= 0.3 is 0 Å². The number of ether oxygens (including phenoxy) is 1. The maximum Gasteiger partial charge on any atom is 0.253 e. The fraction of sp³-hybridized carbons (Fsp3) is 0.364. The number of nitrogens with zero attached hydrogens (tertiary/aromatic N) is 2. The van der Waals surface area contributed by atoms with Crippen LogP contribution < -0.4 is 10.1 Å². The first-order chi connectivity index (χ1) is 14.5. The number of amides is 2. The van der Waals surface area contributed by atoms with Gasteiger partial charge in [-0.15, -0.1) is 0 Å². The van der Waals surface area contributed by atoms with Gasteiger partial charge in [-0.2, -0.15) is 0 Å². The molecule has 4 rings (SSSR count). The molecule has 2 heterocycles. The molecule has 0 atom stereocenters. The molecule has 2 fully saturated rings. The zero-order chi connectivity index (χ0) is 21.1. The third kappa shape index (κ3) is 4.00. The van der Waals surface area contributed by atoms with Gasteiger partial charge in [0, 0.05) is 31.5 Å². The van der Waals surface area contributed by atoms with Crippen molar-refractivity contribution >= 4 is 11.8 Å². The molecular formula is C22H23F2N3O3. The van der Waals surface area contributed by atoms with Crippen molar-refractivity contribution in [3.63, 3.8) is 0 Å². The van der Waals surface area contributed by atoms with Gasteiger partial charge in [-0.3, -0.25) is 14.9 Å². The molecule has 0 unspecified atom stereocenters. The van der Waals surface area contributed by atoms with Crippen molar-refractivity contribution in [2.75, 3.05) is 32.8 Å². The highest BCUT2D eigenvalue weighted by Gasteiger charge is 2.47. The molecule has 1 N–H and O–H groups in total. The van der Waals surface area contributed by atoms with Crippen LogP contribution in [-0.4, -0.2) is 60.1 Å². The van der Waals surface area contributed by atoms with Gasteiger partial charge in [-0.25, -0.2) is 8.78 Å². The fourth-order valence-electron chi connectivity index (χ4n) is 4.12. The second-order valence-electron chi connectivity index (χ2n) is 7.51. The van der Waals surface area contributed by atoms with E-state index < -0.39 is 17.3 Å². The van der Waals surface area contributed by atoms with Crippen LogP contribution in [0.3, 0.4) is 0 Å². The van der Waals surface area contributed by atoms with Crippen LogP contribution in [0.5, 0.6) is 5.75 Å². The van der Waals surface area contributed by atoms with E-state index in [1.807, 2.05) is 30.3 Å². The molecular weight excluding hydrogens is 392 g/mol. The number of benzene rings is 2. The quantitative estimate of drug-likeness (QED) is 0.815. The first-order valence-electron chi connectivity index (χ1n) is 9.96. The molecule has 2 saturated heterocycles. The van der Waals surface area contributed by atoms with Crippen LogP contribution in [0, 0.1) is 11.6 Å². The molecule has 0 aromatic heterocycles. The maximum atomic E-state index is 13.5. The Bertz CT molecular complexity index is 930. The van der Waals surface area contributed by atoms with Crippen LogP contribution in [0.25, 0.3) is 0 Å². The van der Waals surface area contributed by atoms with Crippen LogP contribution in [0.4, 0.5) is 8.78 Å². The Morgan fingerprint density at radius 2 is 1.80 bits per heavy atom. The average Bonchev–Trinajstić information content (AvgIpc) is 3.06. The predicted octanol–water partition coefficient (Wildman–Crippen LogP) is 2.41. The maximum absolute atomic E-state index is 13.5. The van der Waals surface area contributed by atoms with E-state index in [0.717, 1.165) is 17.9 Å². The lowest BCUT2D eigenvalue weighted by Gasteiger charge is -2.44. The van der Waals surface area contributed by atoms with Crippen molar-refractivity contribution in [1.82, 2.24) is 15.1 Å². The van der Waals surface area contributed by atoms with Crippen molar-refractivity contribution in [2.45, 2.75) is 18.5 Å². The second kappa shape index (κ2) is 8.39.